The zero-order chi connectivity index (χ0) is 22.7. The summed E-state index contributed by atoms with van der Waals surface area (Å²) in [6.07, 6.45) is 4.31. The van der Waals surface area contributed by atoms with E-state index in [9.17, 15) is 4.79 Å². The van der Waals surface area contributed by atoms with E-state index in [1.54, 1.807) is 12.1 Å². The summed E-state index contributed by atoms with van der Waals surface area (Å²) in [7, 11) is 2.12. The van der Waals surface area contributed by atoms with E-state index in [0.717, 1.165) is 60.9 Å². The number of ether oxygens (including phenoxy) is 2. The Morgan fingerprint density at radius 3 is 2.78 bits per heavy atom. The molecule has 7 heteroatoms. The number of piperazine rings is 1. The van der Waals surface area contributed by atoms with E-state index in [1.807, 2.05) is 38.1 Å². The molecule has 0 spiro atoms. The number of hydrogen-bond acceptors (Lipinski definition) is 5. The minimum Gasteiger partial charge on any atom is -0.493 e. The number of carbonyl (C=O) groups excluding carboxylic acids is 1. The highest BCUT2D eigenvalue weighted by atomic mass is 35.5. The number of rotatable bonds is 6. The van der Waals surface area contributed by atoms with E-state index in [2.05, 4.69) is 22.2 Å². The molecule has 0 aliphatic carbocycles. The van der Waals surface area contributed by atoms with Crippen LogP contribution < -0.4 is 19.7 Å². The monoisotopic (exact) mass is 455 g/mol. The highest BCUT2D eigenvalue weighted by Crippen LogP contribution is 2.36. The van der Waals surface area contributed by atoms with E-state index in [0.29, 0.717) is 17.3 Å². The summed E-state index contributed by atoms with van der Waals surface area (Å²) in [6, 6.07) is 9.60. The molecule has 1 amide bonds. The zero-order valence-electron chi connectivity index (χ0n) is 18.9. The van der Waals surface area contributed by atoms with Gasteiger partial charge in [-0.15, -0.1) is 0 Å². The predicted octanol–water partition coefficient (Wildman–Crippen LogP) is 4.47. The highest BCUT2D eigenvalue weighted by Gasteiger charge is 2.22. The van der Waals surface area contributed by atoms with Gasteiger partial charge in [0.15, 0.2) is 0 Å². The van der Waals surface area contributed by atoms with Gasteiger partial charge in [0.2, 0.25) is 5.91 Å². The molecule has 0 radical (unpaired) electrons. The average Bonchev–Trinajstić information content (AvgIpc) is 3.12. The van der Waals surface area contributed by atoms with Gasteiger partial charge in [0.05, 0.1) is 18.0 Å². The molecule has 6 nitrogen and oxygen atoms in total. The minimum atomic E-state index is -0.222. The third kappa shape index (κ3) is 5.19. The first-order valence-corrected chi connectivity index (χ1v) is 11.5. The van der Waals surface area contributed by atoms with E-state index >= 15 is 0 Å². The van der Waals surface area contributed by atoms with Crippen LogP contribution in [0.1, 0.15) is 25.0 Å². The quantitative estimate of drug-likeness (QED) is 0.651. The van der Waals surface area contributed by atoms with Crippen molar-refractivity contribution < 1.29 is 14.3 Å². The first-order chi connectivity index (χ1) is 15.4. The molecule has 170 valence electrons. The van der Waals surface area contributed by atoms with Crippen molar-refractivity contribution in [3.8, 4) is 11.5 Å². The Morgan fingerprint density at radius 2 is 2.03 bits per heavy atom. The second-order valence-electron chi connectivity index (χ2n) is 8.34. The van der Waals surface area contributed by atoms with Crippen molar-refractivity contribution in [2.45, 2.75) is 26.4 Å². The number of nitrogens with one attached hydrogen (secondary N) is 1. The molecule has 1 atom stereocenters. The lowest BCUT2D eigenvalue weighted by Crippen LogP contribution is -2.44. The summed E-state index contributed by atoms with van der Waals surface area (Å²) in [6.45, 7) is 8.32. The molecule has 2 aromatic carbocycles. The third-order valence-electron chi connectivity index (χ3n) is 5.80. The van der Waals surface area contributed by atoms with E-state index < -0.39 is 0 Å². The van der Waals surface area contributed by atoms with Crippen LogP contribution in [0.3, 0.4) is 0 Å². The Morgan fingerprint density at radius 1 is 1.25 bits per heavy atom. The molecule has 1 saturated heterocycles. The Labute approximate surface area is 194 Å². The number of benzene rings is 2. The van der Waals surface area contributed by atoms with Gasteiger partial charge in [-0.25, -0.2) is 0 Å². The molecule has 0 aromatic heterocycles. The Bertz CT molecular complexity index is 1020. The summed E-state index contributed by atoms with van der Waals surface area (Å²) in [5, 5.41) is 3.59. The number of fused-ring (bicyclic) bond motifs is 1. The molecule has 2 aromatic rings. The summed E-state index contributed by atoms with van der Waals surface area (Å²) >= 11 is 6.23. The van der Waals surface area contributed by atoms with Crippen molar-refractivity contribution in [3.05, 3.63) is 52.6 Å². The second-order valence-corrected chi connectivity index (χ2v) is 8.77. The van der Waals surface area contributed by atoms with Gasteiger partial charge in [0.1, 0.15) is 17.6 Å². The van der Waals surface area contributed by atoms with Crippen molar-refractivity contribution in [2.24, 2.45) is 0 Å². The number of amides is 1. The average molecular weight is 456 g/mol. The Hall–Kier alpha value is -2.70. The van der Waals surface area contributed by atoms with Crippen LogP contribution in [0.25, 0.3) is 6.08 Å². The van der Waals surface area contributed by atoms with Gasteiger partial charge < -0.3 is 24.6 Å². The van der Waals surface area contributed by atoms with Crippen molar-refractivity contribution >= 4 is 35.0 Å². The van der Waals surface area contributed by atoms with Crippen LogP contribution >= 0.6 is 11.6 Å². The predicted molar refractivity (Wildman–Crippen MR) is 130 cm³/mol. The molecule has 2 aliphatic rings. The molecule has 1 unspecified atom stereocenters. The minimum absolute atomic E-state index is 0.151. The fourth-order valence-electron chi connectivity index (χ4n) is 4.14. The first-order valence-electron chi connectivity index (χ1n) is 11.1. The number of hydrogen-bond donors (Lipinski definition) is 1. The van der Waals surface area contributed by atoms with Crippen molar-refractivity contribution in [2.75, 3.05) is 50.1 Å². The van der Waals surface area contributed by atoms with Gasteiger partial charge in [0, 0.05) is 54.8 Å². The molecule has 1 N–H and O–H groups in total. The molecule has 2 aliphatic heterocycles. The van der Waals surface area contributed by atoms with Gasteiger partial charge in [-0.2, -0.15) is 0 Å². The van der Waals surface area contributed by atoms with Gasteiger partial charge in [-0.05, 0) is 57.3 Å². The van der Waals surface area contributed by atoms with Crippen LogP contribution in [0.5, 0.6) is 11.5 Å². The Kier molecular flexibility index (Phi) is 6.92. The normalized spacial score (nSPS) is 18.5. The third-order valence-corrected chi connectivity index (χ3v) is 6.04. The SMILES string of the molecule is CCOc1cc2c(cc1/C=C/C(=O)Nc1cc(Cl)ccc1N1CCN(C)CC1)OC(C)C2. The lowest BCUT2D eigenvalue weighted by atomic mass is 10.1. The maximum atomic E-state index is 12.8. The van der Waals surface area contributed by atoms with Gasteiger partial charge >= 0.3 is 0 Å². The molecule has 32 heavy (non-hydrogen) atoms. The van der Waals surface area contributed by atoms with Crippen LogP contribution in [0.15, 0.2) is 36.4 Å². The maximum Gasteiger partial charge on any atom is 0.248 e. The number of anilines is 2. The number of likely N-dealkylation sites (N-methyl/N-ethyl adjacent to an activating group) is 1. The van der Waals surface area contributed by atoms with Crippen LogP contribution in [0.4, 0.5) is 11.4 Å². The van der Waals surface area contributed by atoms with Gasteiger partial charge in [-0.3, -0.25) is 4.79 Å². The summed E-state index contributed by atoms with van der Waals surface area (Å²) in [5.41, 5.74) is 3.66. The lowest BCUT2D eigenvalue weighted by molar-refractivity contribution is -0.111. The molecule has 0 bridgehead atoms. The molecule has 1 fully saturated rings. The number of halogens is 1. The fraction of sp³-hybridized carbons (Fsp3) is 0.400. The Balaban J connectivity index is 1.52. The molecule has 4 rings (SSSR count). The van der Waals surface area contributed by atoms with Crippen molar-refractivity contribution in [1.82, 2.24) is 4.90 Å². The zero-order valence-corrected chi connectivity index (χ0v) is 19.6. The first kappa shape index (κ1) is 22.5. The summed E-state index contributed by atoms with van der Waals surface area (Å²) in [5.74, 6) is 1.39. The molecule has 2 heterocycles. The number of nitrogens with zero attached hydrogens (tertiary/aromatic N) is 2. The second kappa shape index (κ2) is 9.84. The maximum absolute atomic E-state index is 12.8. The van der Waals surface area contributed by atoms with Crippen LogP contribution in [-0.2, 0) is 11.2 Å². The number of carbonyl (C=O) groups is 1. The topological polar surface area (TPSA) is 54.0 Å². The van der Waals surface area contributed by atoms with Crippen LogP contribution in [0.2, 0.25) is 5.02 Å². The molecular weight excluding hydrogens is 426 g/mol. The molecular formula is C25H30ClN3O3. The van der Waals surface area contributed by atoms with E-state index in [-0.39, 0.29) is 12.0 Å². The van der Waals surface area contributed by atoms with Crippen LogP contribution in [-0.4, -0.2) is 56.7 Å². The van der Waals surface area contributed by atoms with Gasteiger partial charge in [-0.1, -0.05) is 11.6 Å². The van der Waals surface area contributed by atoms with Crippen molar-refractivity contribution in [1.29, 1.82) is 0 Å². The fourth-order valence-corrected chi connectivity index (χ4v) is 4.31. The highest BCUT2D eigenvalue weighted by molar-refractivity contribution is 6.31. The largest absolute Gasteiger partial charge is 0.493 e. The lowest BCUT2D eigenvalue weighted by Gasteiger charge is -2.35. The smallest absolute Gasteiger partial charge is 0.248 e. The van der Waals surface area contributed by atoms with E-state index in [4.69, 9.17) is 21.1 Å². The van der Waals surface area contributed by atoms with Crippen LogP contribution in [0, 0.1) is 0 Å². The van der Waals surface area contributed by atoms with E-state index in [1.165, 1.54) is 6.08 Å². The standard InChI is InChI=1S/C25H30ClN3O3/c1-4-31-23-15-19-13-17(2)32-24(19)14-18(23)5-8-25(30)27-21-16-20(26)6-7-22(21)29-11-9-28(3)10-12-29/h5-8,14-17H,4,9-13H2,1-3H3,(H,27,30)/b8-5+. The summed E-state index contributed by atoms with van der Waals surface area (Å²) < 4.78 is 11.7. The summed E-state index contributed by atoms with van der Waals surface area (Å²) in [4.78, 5) is 17.4. The molecule has 0 saturated carbocycles. The van der Waals surface area contributed by atoms with Gasteiger partial charge in [0.25, 0.3) is 0 Å². The van der Waals surface area contributed by atoms with Crippen molar-refractivity contribution in [3.63, 3.8) is 0 Å².